The first-order valence-electron chi connectivity index (χ1n) is 11.5. The van der Waals surface area contributed by atoms with Crippen LogP contribution in [0.2, 0.25) is 0 Å². The quantitative estimate of drug-likeness (QED) is 0.666. The molecule has 0 radical (unpaired) electrons. The molecular formula is C24H33N5O2. The molecule has 2 aliphatic heterocycles. The average Bonchev–Trinajstić information content (AvgIpc) is 3.29. The van der Waals surface area contributed by atoms with E-state index in [0.29, 0.717) is 18.7 Å². The summed E-state index contributed by atoms with van der Waals surface area (Å²) < 4.78 is 0. The van der Waals surface area contributed by atoms with Gasteiger partial charge in [-0.05, 0) is 50.3 Å². The minimum atomic E-state index is -0.554. The summed E-state index contributed by atoms with van der Waals surface area (Å²) in [4.78, 5) is 35.3. The van der Waals surface area contributed by atoms with Gasteiger partial charge in [0.1, 0.15) is 6.04 Å². The standard InChI is InChI=1S/C24H33N5O2/c1-3-4-5-18-6-8-19(9-7-18)22(30)28-17(2)23(31)29-14-11-24(12-15-29)21-20(10-13-27-24)25-16-26-21/h6-9,16-17,27H,3-5,10-15H2,1-2H3,(H,25,26)(H,28,30). The molecule has 31 heavy (non-hydrogen) atoms. The molecule has 166 valence electrons. The molecule has 3 heterocycles. The highest BCUT2D eigenvalue weighted by Gasteiger charge is 2.42. The van der Waals surface area contributed by atoms with E-state index in [9.17, 15) is 9.59 Å². The number of imidazole rings is 1. The maximum absolute atomic E-state index is 13.0. The average molecular weight is 424 g/mol. The number of carbonyl (C=O) groups is 2. The maximum Gasteiger partial charge on any atom is 0.251 e. The first kappa shape index (κ1) is 21.6. The lowest BCUT2D eigenvalue weighted by atomic mass is 9.80. The largest absolute Gasteiger partial charge is 0.348 e. The Morgan fingerprint density at radius 1 is 1.23 bits per heavy atom. The van der Waals surface area contributed by atoms with Crippen LogP contribution in [0, 0.1) is 0 Å². The molecule has 0 saturated carbocycles. The Morgan fingerprint density at radius 3 is 2.68 bits per heavy atom. The third-order valence-corrected chi connectivity index (χ3v) is 6.69. The lowest BCUT2D eigenvalue weighted by Crippen LogP contribution is -2.57. The van der Waals surface area contributed by atoms with Gasteiger partial charge in [0.2, 0.25) is 5.91 Å². The number of piperidine rings is 1. The van der Waals surface area contributed by atoms with Crippen molar-refractivity contribution in [1.29, 1.82) is 0 Å². The van der Waals surface area contributed by atoms with Crippen LogP contribution < -0.4 is 10.6 Å². The Hall–Kier alpha value is -2.67. The van der Waals surface area contributed by atoms with Crippen molar-refractivity contribution in [2.75, 3.05) is 19.6 Å². The predicted molar refractivity (Wildman–Crippen MR) is 120 cm³/mol. The number of rotatable bonds is 6. The Morgan fingerprint density at radius 2 is 1.97 bits per heavy atom. The van der Waals surface area contributed by atoms with Crippen LogP contribution in [-0.2, 0) is 23.2 Å². The molecule has 3 N–H and O–H groups in total. The number of carbonyl (C=O) groups excluding carboxylic acids is 2. The van der Waals surface area contributed by atoms with Gasteiger partial charge in [0, 0.05) is 37.3 Å². The Bertz CT molecular complexity index is 912. The van der Waals surface area contributed by atoms with Gasteiger partial charge in [-0.15, -0.1) is 0 Å². The van der Waals surface area contributed by atoms with Gasteiger partial charge >= 0.3 is 0 Å². The molecule has 1 fully saturated rings. The summed E-state index contributed by atoms with van der Waals surface area (Å²) in [6.07, 6.45) is 7.71. The van der Waals surface area contributed by atoms with Crippen LogP contribution in [0.3, 0.4) is 0 Å². The predicted octanol–water partition coefficient (Wildman–Crippen LogP) is 2.53. The number of hydrogen-bond acceptors (Lipinski definition) is 4. The third kappa shape index (κ3) is 4.51. The fourth-order valence-electron chi connectivity index (χ4n) is 4.78. The fraction of sp³-hybridized carbons (Fsp3) is 0.542. The van der Waals surface area contributed by atoms with Crippen molar-refractivity contribution in [1.82, 2.24) is 25.5 Å². The number of hydrogen-bond donors (Lipinski definition) is 3. The first-order valence-corrected chi connectivity index (χ1v) is 11.5. The fourth-order valence-corrected chi connectivity index (χ4v) is 4.78. The van der Waals surface area contributed by atoms with Crippen LogP contribution in [0.5, 0.6) is 0 Å². The Kier molecular flexibility index (Phi) is 6.41. The monoisotopic (exact) mass is 423 g/mol. The summed E-state index contributed by atoms with van der Waals surface area (Å²) in [5.41, 5.74) is 4.00. The van der Waals surface area contributed by atoms with Crippen molar-refractivity contribution in [2.45, 2.75) is 64.0 Å². The third-order valence-electron chi connectivity index (χ3n) is 6.69. The van der Waals surface area contributed by atoms with Gasteiger partial charge in [0.15, 0.2) is 0 Å². The minimum Gasteiger partial charge on any atom is -0.348 e. The maximum atomic E-state index is 13.0. The van der Waals surface area contributed by atoms with Crippen molar-refractivity contribution in [3.63, 3.8) is 0 Å². The number of H-pyrrole nitrogens is 1. The number of likely N-dealkylation sites (tertiary alicyclic amines) is 1. The second-order valence-corrected chi connectivity index (χ2v) is 8.81. The molecule has 1 aromatic heterocycles. The lowest BCUT2D eigenvalue weighted by molar-refractivity contribution is -0.134. The normalized spacial score (nSPS) is 18.5. The number of benzene rings is 1. The highest BCUT2D eigenvalue weighted by atomic mass is 16.2. The Labute approximate surface area is 184 Å². The summed E-state index contributed by atoms with van der Waals surface area (Å²) in [7, 11) is 0. The molecule has 2 aliphatic rings. The molecule has 1 atom stereocenters. The van der Waals surface area contributed by atoms with Gasteiger partial charge in [0.05, 0.1) is 17.6 Å². The van der Waals surface area contributed by atoms with E-state index in [1.54, 1.807) is 13.3 Å². The zero-order chi connectivity index (χ0) is 21.8. The van der Waals surface area contributed by atoms with Gasteiger partial charge in [-0.25, -0.2) is 4.98 Å². The molecule has 4 rings (SSSR count). The number of amides is 2. The summed E-state index contributed by atoms with van der Waals surface area (Å²) in [6.45, 7) is 6.18. The van der Waals surface area contributed by atoms with E-state index in [4.69, 9.17) is 0 Å². The van der Waals surface area contributed by atoms with Crippen LogP contribution in [0.1, 0.15) is 66.8 Å². The van der Waals surface area contributed by atoms with Crippen molar-refractivity contribution >= 4 is 11.8 Å². The number of aromatic amines is 1. The molecule has 0 aliphatic carbocycles. The van der Waals surface area contributed by atoms with Crippen molar-refractivity contribution in [3.8, 4) is 0 Å². The molecule has 1 unspecified atom stereocenters. The number of nitrogens with zero attached hydrogens (tertiary/aromatic N) is 2. The van der Waals surface area contributed by atoms with E-state index in [0.717, 1.165) is 50.8 Å². The number of nitrogens with one attached hydrogen (secondary N) is 3. The van der Waals surface area contributed by atoms with Crippen LogP contribution in [0.25, 0.3) is 0 Å². The molecular weight excluding hydrogens is 390 g/mol. The van der Waals surface area contributed by atoms with Crippen LogP contribution in [0.4, 0.5) is 0 Å². The zero-order valence-corrected chi connectivity index (χ0v) is 18.5. The molecule has 7 heteroatoms. The highest BCUT2D eigenvalue weighted by molar-refractivity contribution is 5.97. The highest BCUT2D eigenvalue weighted by Crippen LogP contribution is 2.35. The summed E-state index contributed by atoms with van der Waals surface area (Å²) in [6, 6.07) is 7.14. The SMILES string of the molecule is CCCCc1ccc(C(=O)NC(C)C(=O)N2CCC3(CC2)NCCc2[nH]cnc23)cc1. The minimum absolute atomic E-state index is 0.0270. The number of fused-ring (bicyclic) bond motifs is 2. The molecule has 0 bridgehead atoms. The number of aromatic nitrogens is 2. The number of unbranched alkanes of at least 4 members (excludes halogenated alkanes) is 1. The van der Waals surface area contributed by atoms with Gasteiger partial charge in [-0.3, -0.25) is 9.59 Å². The zero-order valence-electron chi connectivity index (χ0n) is 18.5. The van der Waals surface area contributed by atoms with Gasteiger partial charge in [0.25, 0.3) is 5.91 Å². The van der Waals surface area contributed by atoms with Gasteiger partial charge in [-0.1, -0.05) is 25.5 Å². The van der Waals surface area contributed by atoms with E-state index in [1.165, 1.54) is 11.3 Å². The summed E-state index contributed by atoms with van der Waals surface area (Å²) in [5.74, 6) is -0.229. The van der Waals surface area contributed by atoms with E-state index in [2.05, 4.69) is 27.5 Å². The van der Waals surface area contributed by atoms with E-state index in [1.807, 2.05) is 29.2 Å². The van der Waals surface area contributed by atoms with E-state index in [-0.39, 0.29) is 17.4 Å². The van der Waals surface area contributed by atoms with Crippen LogP contribution in [0.15, 0.2) is 30.6 Å². The first-order chi connectivity index (χ1) is 15.0. The van der Waals surface area contributed by atoms with E-state index < -0.39 is 6.04 Å². The molecule has 1 aromatic carbocycles. The molecule has 2 aromatic rings. The van der Waals surface area contributed by atoms with Crippen molar-refractivity contribution < 1.29 is 9.59 Å². The second kappa shape index (κ2) is 9.22. The molecule has 1 saturated heterocycles. The Balaban J connectivity index is 1.32. The van der Waals surface area contributed by atoms with Crippen LogP contribution >= 0.6 is 0 Å². The smallest absolute Gasteiger partial charge is 0.251 e. The van der Waals surface area contributed by atoms with Crippen molar-refractivity contribution in [2.24, 2.45) is 0 Å². The summed E-state index contributed by atoms with van der Waals surface area (Å²) in [5, 5.41) is 6.52. The summed E-state index contributed by atoms with van der Waals surface area (Å²) >= 11 is 0. The molecule has 2 amide bonds. The second-order valence-electron chi connectivity index (χ2n) is 8.81. The molecule has 1 spiro atoms. The van der Waals surface area contributed by atoms with Gasteiger partial charge in [-0.2, -0.15) is 0 Å². The van der Waals surface area contributed by atoms with Crippen LogP contribution in [-0.4, -0.2) is 52.4 Å². The molecule has 7 nitrogen and oxygen atoms in total. The van der Waals surface area contributed by atoms with Gasteiger partial charge < -0.3 is 20.5 Å². The topological polar surface area (TPSA) is 90.1 Å². The number of aryl methyl sites for hydroxylation is 1. The van der Waals surface area contributed by atoms with Crippen molar-refractivity contribution in [3.05, 3.63) is 53.1 Å². The lowest BCUT2D eigenvalue weighted by Gasteiger charge is -2.44. The van der Waals surface area contributed by atoms with E-state index >= 15 is 0 Å².